The molecule has 0 saturated carbocycles. The van der Waals surface area contributed by atoms with Crippen molar-refractivity contribution in [2.24, 2.45) is 0 Å². The van der Waals surface area contributed by atoms with Gasteiger partial charge < -0.3 is 10.2 Å². The molecule has 2 aromatic heterocycles. The van der Waals surface area contributed by atoms with Gasteiger partial charge in [-0.05, 0) is 152 Å². The van der Waals surface area contributed by atoms with Crippen LogP contribution in [-0.2, 0) is 0 Å². The van der Waals surface area contributed by atoms with Crippen LogP contribution in [0.5, 0.6) is 0 Å². The Labute approximate surface area is 512 Å². The van der Waals surface area contributed by atoms with Crippen molar-refractivity contribution in [3.63, 3.8) is 0 Å². The molecule has 14 aromatic carbocycles. The summed E-state index contributed by atoms with van der Waals surface area (Å²) in [5.74, 6) is 0. The van der Waals surface area contributed by atoms with Gasteiger partial charge in [-0.15, -0.1) is 22.7 Å². The highest BCUT2D eigenvalue weighted by Crippen LogP contribution is 2.45. The van der Waals surface area contributed by atoms with E-state index in [-0.39, 0.29) is 0 Å². The van der Waals surface area contributed by atoms with Crippen molar-refractivity contribution < 1.29 is 0 Å². The monoisotopic (exact) mass is 1190 g/mol. The normalized spacial score (nSPS) is 11.1. The van der Waals surface area contributed by atoms with Crippen LogP contribution in [0.4, 0.5) is 28.4 Å². The number of nitrogens with one attached hydrogen (secondary N) is 1. The minimum absolute atomic E-state index is 1.08. The SMILES string of the molecule is Brc1ccc2sc3ccccc3c2c1.c1ccc(-c2ccc(N(c3ccc4sc5ccccc5c4c3)c3cc(-c4ccccc4)cc4ccccc34)cc2)cc1.c1ccc(-c2ccc(Nc3cc(-c4ccccc4)cc4ccccc34)cc2)cc1. The Balaban J connectivity index is 0.000000128. The summed E-state index contributed by atoms with van der Waals surface area (Å²) in [4.78, 5) is 2.43. The zero-order valence-corrected chi connectivity index (χ0v) is 49.5. The summed E-state index contributed by atoms with van der Waals surface area (Å²) in [7, 11) is 0. The average Bonchev–Trinajstić information content (AvgIpc) is 4.24. The number of rotatable bonds is 9. The number of anilines is 5. The molecule has 0 aliphatic carbocycles. The minimum atomic E-state index is 1.08. The molecule has 0 unspecified atom stereocenters. The summed E-state index contributed by atoms with van der Waals surface area (Å²) in [6.07, 6.45) is 0. The van der Waals surface area contributed by atoms with E-state index in [1.165, 1.54) is 112 Å². The third-order valence-corrected chi connectivity index (χ3v) is 18.4. The van der Waals surface area contributed by atoms with E-state index in [4.69, 9.17) is 0 Å². The van der Waals surface area contributed by atoms with Gasteiger partial charge in [0.2, 0.25) is 0 Å². The molecule has 0 atom stereocenters. The Morgan fingerprint density at radius 2 is 0.647 bits per heavy atom. The van der Waals surface area contributed by atoms with E-state index in [2.05, 4.69) is 348 Å². The van der Waals surface area contributed by atoms with Gasteiger partial charge in [-0.25, -0.2) is 0 Å². The van der Waals surface area contributed by atoms with Gasteiger partial charge in [0.1, 0.15) is 0 Å². The highest BCUT2D eigenvalue weighted by Gasteiger charge is 2.19. The minimum Gasteiger partial charge on any atom is -0.355 e. The van der Waals surface area contributed by atoms with Crippen LogP contribution >= 0.6 is 38.6 Å². The Morgan fingerprint density at radius 3 is 1.20 bits per heavy atom. The summed E-state index contributed by atoms with van der Waals surface area (Å²) >= 11 is 7.21. The Hall–Kier alpha value is -9.88. The van der Waals surface area contributed by atoms with Crippen LogP contribution < -0.4 is 10.2 Å². The lowest BCUT2D eigenvalue weighted by Crippen LogP contribution is -2.10. The number of nitrogens with zero attached hydrogens (tertiary/aromatic N) is 1. The number of hydrogen-bond donors (Lipinski definition) is 1. The van der Waals surface area contributed by atoms with Crippen LogP contribution in [0.1, 0.15) is 0 Å². The van der Waals surface area contributed by atoms with Crippen molar-refractivity contribution in [2.75, 3.05) is 10.2 Å². The molecule has 0 bridgehead atoms. The predicted octanol–water partition coefficient (Wildman–Crippen LogP) is 24.7. The molecule has 16 aromatic rings. The van der Waals surface area contributed by atoms with E-state index < -0.39 is 0 Å². The van der Waals surface area contributed by atoms with Gasteiger partial charge >= 0.3 is 0 Å². The second kappa shape index (κ2) is 24.1. The van der Waals surface area contributed by atoms with Crippen molar-refractivity contribution in [2.45, 2.75) is 0 Å². The fourth-order valence-corrected chi connectivity index (χ4v) is 14.0. The molecule has 5 heteroatoms. The first-order valence-electron chi connectivity index (χ1n) is 28.6. The van der Waals surface area contributed by atoms with Gasteiger partial charge in [-0.2, -0.15) is 0 Å². The van der Waals surface area contributed by atoms with Crippen molar-refractivity contribution in [3.05, 3.63) is 332 Å². The second-order valence-corrected chi connectivity index (χ2v) is 24.1. The lowest BCUT2D eigenvalue weighted by Gasteiger charge is -2.28. The first kappa shape index (κ1) is 53.1. The highest BCUT2D eigenvalue weighted by atomic mass is 79.9. The average molecular weight is 1190 g/mol. The zero-order valence-electron chi connectivity index (χ0n) is 46.3. The maximum absolute atomic E-state index is 3.64. The number of benzene rings is 14. The molecular formula is C80H55BrN2S2. The van der Waals surface area contributed by atoms with Crippen LogP contribution in [0.3, 0.4) is 0 Å². The van der Waals surface area contributed by atoms with Crippen molar-refractivity contribution in [1.82, 2.24) is 0 Å². The fraction of sp³-hybridized carbons (Fsp3) is 0. The molecule has 0 radical (unpaired) electrons. The summed E-state index contributed by atoms with van der Waals surface area (Å²) < 4.78 is 6.49. The van der Waals surface area contributed by atoms with Gasteiger partial charge in [0.05, 0.1) is 5.69 Å². The standard InChI is InChI=1S/C40H27NS.C28H21N.C12H7BrS/c1-3-11-28(12-4-1)30-19-21-33(22-20-30)41(34-23-24-40-37(27-34)36-17-9-10-18-39(36)42-40)38-26-32(29-13-5-2-6-14-29)25-31-15-7-8-16-35(31)38;1-3-9-21(10-4-1)23-15-17-26(18-16-23)29-28-20-25(22-11-5-2-6-12-22)19-24-13-7-8-14-27(24)28;13-8-5-6-12-10(7-8)9-3-1-2-4-11(9)14-12/h1-27H;1-20,29H;1-7H. The molecule has 404 valence electrons. The maximum Gasteiger partial charge on any atom is 0.0546 e. The van der Waals surface area contributed by atoms with Crippen molar-refractivity contribution in [1.29, 1.82) is 0 Å². The molecule has 0 amide bonds. The first-order valence-corrected chi connectivity index (χ1v) is 31.0. The summed E-state index contributed by atoms with van der Waals surface area (Å²) in [6.45, 7) is 0. The molecule has 0 spiro atoms. The number of fused-ring (bicyclic) bond motifs is 8. The van der Waals surface area contributed by atoms with Crippen molar-refractivity contribution in [3.8, 4) is 44.5 Å². The Bertz CT molecular complexity index is 4960. The van der Waals surface area contributed by atoms with Crippen LogP contribution in [0.2, 0.25) is 0 Å². The van der Waals surface area contributed by atoms with E-state index in [9.17, 15) is 0 Å². The number of thiophene rings is 2. The lowest BCUT2D eigenvalue weighted by molar-refractivity contribution is 1.30. The molecule has 2 heterocycles. The van der Waals surface area contributed by atoms with E-state index >= 15 is 0 Å². The van der Waals surface area contributed by atoms with E-state index in [1.807, 2.05) is 28.7 Å². The van der Waals surface area contributed by atoms with Gasteiger partial charge in [0.25, 0.3) is 0 Å². The van der Waals surface area contributed by atoms with E-state index in [0.717, 1.165) is 27.2 Å². The molecule has 0 aliphatic heterocycles. The summed E-state index contributed by atoms with van der Waals surface area (Å²) in [5, 5.41) is 13.8. The third kappa shape index (κ3) is 11.4. The van der Waals surface area contributed by atoms with Crippen LogP contribution in [-0.4, -0.2) is 0 Å². The van der Waals surface area contributed by atoms with Crippen LogP contribution in [0, 0.1) is 0 Å². The van der Waals surface area contributed by atoms with Gasteiger partial charge in [0, 0.05) is 78.3 Å². The van der Waals surface area contributed by atoms with Crippen molar-refractivity contribution >= 4 is 129 Å². The van der Waals surface area contributed by atoms with E-state index in [1.54, 1.807) is 0 Å². The largest absolute Gasteiger partial charge is 0.355 e. The highest BCUT2D eigenvalue weighted by molar-refractivity contribution is 9.10. The fourth-order valence-electron chi connectivity index (χ4n) is 11.4. The van der Waals surface area contributed by atoms with E-state index in [0.29, 0.717) is 0 Å². The molecule has 2 nitrogen and oxygen atoms in total. The maximum atomic E-state index is 3.64. The molecule has 0 saturated heterocycles. The molecule has 1 N–H and O–H groups in total. The topological polar surface area (TPSA) is 15.3 Å². The van der Waals surface area contributed by atoms with Crippen LogP contribution in [0.15, 0.2) is 332 Å². The summed E-state index contributed by atoms with van der Waals surface area (Å²) in [6, 6.07) is 117. The Kier molecular flexibility index (Phi) is 15.1. The quantitative estimate of drug-likeness (QED) is 0.155. The number of halogens is 1. The van der Waals surface area contributed by atoms with Gasteiger partial charge in [0.15, 0.2) is 0 Å². The molecule has 85 heavy (non-hydrogen) atoms. The Morgan fingerprint density at radius 1 is 0.259 bits per heavy atom. The third-order valence-electron chi connectivity index (χ3n) is 15.6. The van der Waals surface area contributed by atoms with Crippen LogP contribution in [0.25, 0.3) is 106 Å². The molecule has 0 aliphatic rings. The van der Waals surface area contributed by atoms with Gasteiger partial charge in [-0.1, -0.05) is 246 Å². The first-order chi connectivity index (χ1) is 42.0. The molecule has 16 rings (SSSR count). The lowest BCUT2D eigenvalue weighted by atomic mass is 9.98. The number of hydrogen-bond acceptors (Lipinski definition) is 4. The molecule has 0 fully saturated rings. The smallest absolute Gasteiger partial charge is 0.0546 e. The second-order valence-electron chi connectivity index (χ2n) is 21.0. The summed E-state index contributed by atoms with van der Waals surface area (Å²) in [5.41, 5.74) is 15.4. The predicted molar refractivity (Wildman–Crippen MR) is 374 cm³/mol. The van der Waals surface area contributed by atoms with Gasteiger partial charge in [-0.3, -0.25) is 0 Å². The zero-order chi connectivity index (χ0) is 56.9. The molecular weight excluding hydrogens is 1130 g/mol.